The topological polar surface area (TPSA) is 78.4 Å². The van der Waals surface area contributed by atoms with Crippen LogP contribution < -0.4 is 10.5 Å². The molecule has 0 bridgehead atoms. The van der Waals surface area contributed by atoms with Gasteiger partial charge in [-0.1, -0.05) is 17.7 Å². The van der Waals surface area contributed by atoms with Crippen molar-refractivity contribution >= 4 is 17.3 Å². The van der Waals surface area contributed by atoms with Crippen LogP contribution in [-0.4, -0.2) is 4.92 Å². The lowest BCUT2D eigenvalue weighted by Gasteiger charge is -2.09. The van der Waals surface area contributed by atoms with Crippen LogP contribution in [0.2, 0.25) is 5.02 Å². The summed E-state index contributed by atoms with van der Waals surface area (Å²) in [4.78, 5) is 10.5. The minimum Gasteiger partial charge on any atom is -0.482 e. The summed E-state index contributed by atoms with van der Waals surface area (Å²) < 4.78 is 18.5. The number of hydrogen-bond donors (Lipinski definition) is 1. The van der Waals surface area contributed by atoms with Gasteiger partial charge in [0.25, 0.3) is 0 Å². The molecule has 0 amide bonds. The molecule has 0 saturated carbocycles. The van der Waals surface area contributed by atoms with E-state index in [9.17, 15) is 14.5 Å². The van der Waals surface area contributed by atoms with Gasteiger partial charge < -0.3 is 10.5 Å². The van der Waals surface area contributed by atoms with Gasteiger partial charge in [0.05, 0.1) is 4.92 Å². The van der Waals surface area contributed by atoms with Crippen molar-refractivity contribution in [2.24, 2.45) is 5.73 Å². The standard InChI is InChI=1S/C14H12ClFN2O3/c15-12-3-2-11(16)6-10(12)8-21-14-4-1-9(7-17)5-13(14)18(19)20/h1-6H,7-8,17H2. The second-order valence-electron chi connectivity index (χ2n) is 4.29. The molecule has 21 heavy (non-hydrogen) atoms. The monoisotopic (exact) mass is 310 g/mol. The minimum absolute atomic E-state index is 0.0700. The number of halogens is 2. The van der Waals surface area contributed by atoms with E-state index in [-0.39, 0.29) is 24.6 Å². The SMILES string of the molecule is NCc1ccc(OCc2cc(F)ccc2Cl)c([N+](=O)[O-])c1. The number of nitro benzene ring substituents is 1. The molecule has 110 valence electrons. The summed E-state index contributed by atoms with van der Waals surface area (Å²) in [6.07, 6.45) is 0. The van der Waals surface area contributed by atoms with Crippen LogP contribution in [0.5, 0.6) is 5.75 Å². The van der Waals surface area contributed by atoms with E-state index in [0.29, 0.717) is 16.1 Å². The first kappa shape index (κ1) is 15.2. The number of nitrogens with zero attached hydrogens (tertiary/aromatic N) is 1. The van der Waals surface area contributed by atoms with Gasteiger partial charge in [0.15, 0.2) is 5.75 Å². The summed E-state index contributed by atoms with van der Waals surface area (Å²) in [6, 6.07) is 8.31. The van der Waals surface area contributed by atoms with Crippen LogP contribution in [0.15, 0.2) is 36.4 Å². The minimum atomic E-state index is -0.554. The first-order chi connectivity index (χ1) is 10.0. The van der Waals surface area contributed by atoms with E-state index >= 15 is 0 Å². The zero-order valence-electron chi connectivity index (χ0n) is 10.9. The second-order valence-corrected chi connectivity index (χ2v) is 4.69. The molecule has 5 nitrogen and oxygen atoms in total. The summed E-state index contributed by atoms with van der Waals surface area (Å²) in [7, 11) is 0. The van der Waals surface area contributed by atoms with Crippen LogP contribution >= 0.6 is 11.6 Å². The van der Waals surface area contributed by atoms with Crippen molar-refractivity contribution in [3.05, 3.63) is 68.5 Å². The molecule has 0 atom stereocenters. The molecule has 0 spiro atoms. The molecule has 0 aliphatic carbocycles. The Bertz CT molecular complexity index is 679. The Balaban J connectivity index is 2.23. The number of ether oxygens (including phenoxy) is 1. The first-order valence-electron chi connectivity index (χ1n) is 6.05. The van der Waals surface area contributed by atoms with Crippen LogP contribution in [0.1, 0.15) is 11.1 Å². The molecule has 0 heterocycles. The fraction of sp³-hybridized carbons (Fsp3) is 0.143. The van der Waals surface area contributed by atoms with Crippen LogP contribution in [0.4, 0.5) is 10.1 Å². The summed E-state index contributed by atoms with van der Waals surface area (Å²) in [6.45, 7) is 0.121. The van der Waals surface area contributed by atoms with E-state index in [4.69, 9.17) is 22.1 Å². The fourth-order valence-corrected chi connectivity index (χ4v) is 1.94. The Morgan fingerprint density at radius 1 is 1.29 bits per heavy atom. The molecule has 0 fully saturated rings. The maximum Gasteiger partial charge on any atom is 0.311 e. The molecule has 2 N–H and O–H groups in total. The third kappa shape index (κ3) is 3.68. The van der Waals surface area contributed by atoms with Gasteiger partial charge in [-0.25, -0.2) is 4.39 Å². The highest BCUT2D eigenvalue weighted by Gasteiger charge is 2.16. The molecule has 7 heteroatoms. The summed E-state index contributed by atoms with van der Waals surface area (Å²) in [5, 5.41) is 11.4. The van der Waals surface area contributed by atoms with E-state index < -0.39 is 10.7 Å². The smallest absolute Gasteiger partial charge is 0.311 e. The van der Waals surface area contributed by atoms with Gasteiger partial charge in [-0.2, -0.15) is 0 Å². The van der Waals surface area contributed by atoms with Gasteiger partial charge in [0, 0.05) is 23.2 Å². The molecule has 0 aromatic heterocycles. The molecular formula is C14H12ClFN2O3. The van der Waals surface area contributed by atoms with Gasteiger partial charge >= 0.3 is 5.69 Å². The van der Waals surface area contributed by atoms with E-state index in [0.717, 1.165) is 0 Å². The van der Waals surface area contributed by atoms with Crippen molar-refractivity contribution in [3.8, 4) is 5.75 Å². The zero-order chi connectivity index (χ0) is 15.4. The van der Waals surface area contributed by atoms with E-state index in [1.165, 1.54) is 30.3 Å². The third-order valence-corrected chi connectivity index (χ3v) is 3.22. The van der Waals surface area contributed by atoms with E-state index in [1.54, 1.807) is 6.07 Å². The molecule has 0 unspecified atom stereocenters. The number of nitro groups is 1. The van der Waals surface area contributed by atoms with Crippen molar-refractivity contribution in [3.63, 3.8) is 0 Å². The highest BCUT2D eigenvalue weighted by Crippen LogP contribution is 2.29. The highest BCUT2D eigenvalue weighted by atomic mass is 35.5. The molecule has 2 aromatic carbocycles. The molecule has 2 rings (SSSR count). The van der Waals surface area contributed by atoms with Gasteiger partial charge in [-0.05, 0) is 29.8 Å². The molecule has 0 aliphatic heterocycles. The Hall–Kier alpha value is -2.18. The van der Waals surface area contributed by atoms with Crippen molar-refractivity contribution in [1.82, 2.24) is 0 Å². The Morgan fingerprint density at radius 3 is 2.71 bits per heavy atom. The van der Waals surface area contributed by atoms with Crippen LogP contribution in [0.3, 0.4) is 0 Å². The molecular weight excluding hydrogens is 299 g/mol. The number of nitrogens with two attached hydrogens (primary N) is 1. The quantitative estimate of drug-likeness (QED) is 0.678. The van der Waals surface area contributed by atoms with Gasteiger partial charge in [0.2, 0.25) is 0 Å². The largest absolute Gasteiger partial charge is 0.482 e. The average molecular weight is 311 g/mol. The highest BCUT2D eigenvalue weighted by molar-refractivity contribution is 6.31. The third-order valence-electron chi connectivity index (χ3n) is 2.85. The Morgan fingerprint density at radius 2 is 2.05 bits per heavy atom. The van der Waals surface area contributed by atoms with E-state index in [2.05, 4.69) is 0 Å². The normalized spacial score (nSPS) is 10.4. The Labute approximate surface area is 125 Å². The summed E-state index contributed by atoms with van der Waals surface area (Å²) >= 11 is 5.92. The number of hydrogen-bond acceptors (Lipinski definition) is 4. The lowest BCUT2D eigenvalue weighted by molar-refractivity contribution is -0.386. The van der Waals surface area contributed by atoms with Crippen molar-refractivity contribution < 1.29 is 14.1 Å². The fourth-order valence-electron chi connectivity index (χ4n) is 1.76. The van der Waals surface area contributed by atoms with Gasteiger partial charge in [-0.15, -0.1) is 0 Å². The second kappa shape index (κ2) is 6.51. The van der Waals surface area contributed by atoms with Gasteiger partial charge in [-0.3, -0.25) is 10.1 Å². The molecule has 2 aromatic rings. The predicted molar refractivity (Wildman–Crippen MR) is 76.7 cm³/mol. The lowest BCUT2D eigenvalue weighted by Crippen LogP contribution is -2.02. The van der Waals surface area contributed by atoms with E-state index in [1.807, 2.05) is 0 Å². The van der Waals surface area contributed by atoms with Gasteiger partial charge in [0.1, 0.15) is 12.4 Å². The number of benzene rings is 2. The summed E-state index contributed by atoms with van der Waals surface area (Å²) in [5.74, 6) is -0.372. The van der Waals surface area contributed by atoms with Crippen LogP contribution in [0, 0.1) is 15.9 Å². The van der Waals surface area contributed by atoms with Crippen molar-refractivity contribution in [2.45, 2.75) is 13.2 Å². The molecule has 0 saturated heterocycles. The predicted octanol–water partition coefficient (Wildman–Crippen LogP) is 3.43. The number of rotatable bonds is 5. The molecule has 0 aliphatic rings. The maximum atomic E-state index is 13.1. The molecule has 0 radical (unpaired) electrons. The van der Waals surface area contributed by atoms with Crippen molar-refractivity contribution in [1.29, 1.82) is 0 Å². The lowest BCUT2D eigenvalue weighted by atomic mass is 10.2. The van der Waals surface area contributed by atoms with Crippen LogP contribution in [-0.2, 0) is 13.2 Å². The van der Waals surface area contributed by atoms with Crippen LogP contribution in [0.25, 0.3) is 0 Å². The maximum absolute atomic E-state index is 13.1. The summed E-state index contributed by atoms with van der Waals surface area (Å²) in [5.41, 5.74) is 6.29. The Kier molecular flexibility index (Phi) is 4.72. The zero-order valence-corrected chi connectivity index (χ0v) is 11.6. The average Bonchev–Trinajstić information content (AvgIpc) is 2.48. The first-order valence-corrected chi connectivity index (χ1v) is 6.43. The van der Waals surface area contributed by atoms with Crippen molar-refractivity contribution in [2.75, 3.05) is 0 Å².